The van der Waals surface area contributed by atoms with Gasteiger partial charge in [0.25, 0.3) is 10.3 Å². The Morgan fingerprint density at radius 3 is 1.35 bits per heavy atom. The minimum absolute atomic E-state index is 0. The fourth-order valence-electron chi connectivity index (χ4n) is 0.634. The summed E-state index contributed by atoms with van der Waals surface area (Å²) in [5.41, 5.74) is 10.1. The average Bonchev–Trinajstić information content (AvgIpc) is 2.18. The molecule has 0 aliphatic heterocycles. The number of hydrogen-bond donors (Lipinski definition) is 2. The van der Waals surface area contributed by atoms with Gasteiger partial charge in [-0.2, -0.15) is 0 Å². The molecule has 0 radical (unpaired) electrons. The predicted molar refractivity (Wildman–Crippen MR) is 83.8 cm³/mol. The number of rotatable bonds is 6. The van der Waals surface area contributed by atoms with Crippen molar-refractivity contribution in [2.45, 2.75) is 39.5 Å². The Kier molecular flexibility index (Phi) is 25.5. The van der Waals surface area contributed by atoms with Crippen LogP contribution in [0, 0.1) is 0 Å². The molecule has 0 spiro atoms. The van der Waals surface area contributed by atoms with Gasteiger partial charge in [0, 0.05) is 0 Å². The van der Waals surface area contributed by atoms with Crippen LogP contribution in [0.4, 0.5) is 0 Å². The van der Waals surface area contributed by atoms with Gasteiger partial charge in [0.2, 0.25) is 0 Å². The molecular weight excluding hydrogens is 284 g/mol. The van der Waals surface area contributed by atoms with Gasteiger partial charge in [-0.05, 0) is 37.3 Å². The van der Waals surface area contributed by atoms with Gasteiger partial charge in [0.1, 0.15) is 0 Å². The van der Waals surface area contributed by atoms with E-state index in [-0.39, 0.29) is 48.1 Å². The summed E-state index contributed by atoms with van der Waals surface area (Å²) < 4.78 is 9.58. The Morgan fingerprint density at radius 2 is 1.18 bits per heavy atom. The van der Waals surface area contributed by atoms with Crippen LogP contribution in [-0.2, 0) is 9.47 Å². The summed E-state index contributed by atoms with van der Waals surface area (Å²) in [6.07, 6.45) is 4.28. The van der Waals surface area contributed by atoms with Crippen molar-refractivity contribution < 1.29 is 9.47 Å². The molecule has 0 fully saturated rings. The van der Waals surface area contributed by atoms with Crippen molar-refractivity contribution in [2.24, 2.45) is 11.5 Å². The summed E-state index contributed by atoms with van der Waals surface area (Å²) in [7, 11) is 0. The molecule has 0 saturated carbocycles. The normalized spacial score (nSPS) is 8.12. The van der Waals surface area contributed by atoms with Crippen molar-refractivity contribution >= 4 is 72.5 Å². The average molecular weight is 309 g/mol. The fourth-order valence-corrected chi connectivity index (χ4v) is 0.801. The third kappa shape index (κ3) is 31.5. The van der Waals surface area contributed by atoms with E-state index in [1.165, 1.54) is 0 Å². The van der Waals surface area contributed by atoms with Crippen molar-refractivity contribution in [1.82, 2.24) is 0 Å². The first-order chi connectivity index (χ1) is 7.54. The van der Waals surface area contributed by atoms with E-state index in [4.69, 9.17) is 20.9 Å². The van der Waals surface area contributed by atoms with E-state index in [0.717, 1.165) is 25.7 Å². The molecule has 0 aromatic rings. The van der Waals surface area contributed by atoms with E-state index < -0.39 is 0 Å². The Labute approximate surface area is 145 Å². The molecule has 4 N–H and O–H groups in total. The van der Waals surface area contributed by atoms with Gasteiger partial charge >= 0.3 is 37.7 Å². The molecular formula is C10H24CaN2O2S2. The molecule has 0 amide bonds. The van der Waals surface area contributed by atoms with Gasteiger partial charge in [0.15, 0.2) is 0 Å². The molecule has 0 aromatic carbocycles. The number of hydrogen-bond acceptors (Lipinski definition) is 4. The van der Waals surface area contributed by atoms with Crippen LogP contribution in [0.3, 0.4) is 0 Å². The van der Waals surface area contributed by atoms with Crippen LogP contribution in [0.25, 0.3) is 0 Å². The van der Waals surface area contributed by atoms with Crippen LogP contribution in [-0.4, -0.2) is 61.3 Å². The SMILES string of the molecule is CCCCOC(N)=S.CCCCOC(N)=S.[CaH2]. The van der Waals surface area contributed by atoms with Gasteiger partial charge in [-0.1, -0.05) is 26.7 Å². The van der Waals surface area contributed by atoms with Crippen molar-refractivity contribution in [1.29, 1.82) is 0 Å². The van der Waals surface area contributed by atoms with E-state index in [0.29, 0.717) is 13.2 Å². The molecule has 0 atom stereocenters. The minimum atomic E-state index is 0. The van der Waals surface area contributed by atoms with E-state index in [9.17, 15) is 0 Å². The molecule has 0 saturated heterocycles. The van der Waals surface area contributed by atoms with Gasteiger partial charge in [-0.3, -0.25) is 0 Å². The van der Waals surface area contributed by atoms with Crippen LogP contribution >= 0.6 is 24.4 Å². The summed E-state index contributed by atoms with van der Waals surface area (Å²) in [5.74, 6) is 0. The summed E-state index contributed by atoms with van der Waals surface area (Å²) >= 11 is 8.93. The summed E-state index contributed by atoms with van der Waals surface area (Å²) in [5, 5.41) is 0.303. The zero-order valence-corrected chi connectivity index (χ0v) is 11.7. The van der Waals surface area contributed by atoms with Crippen molar-refractivity contribution in [3.8, 4) is 0 Å². The third-order valence-corrected chi connectivity index (χ3v) is 1.72. The standard InChI is InChI=1S/2C5H11NOS.Ca.2H/c2*1-2-3-4-7-5(6)8;;;/h2*2-4H2,1H3,(H2,6,8);;;. The van der Waals surface area contributed by atoms with Crippen molar-refractivity contribution in [2.75, 3.05) is 13.2 Å². The molecule has 0 unspecified atom stereocenters. The fraction of sp³-hybridized carbons (Fsp3) is 0.800. The zero-order chi connectivity index (χ0) is 12.8. The Morgan fingerprint density at radius 1 is 0.882 bits per heavy atom. The predicted octanol–water partition coefficient (Wildman–Crippen LogP) is 1.18. The monoisotopic (exact) mass is 308 g/mol. The van der Waals surface area contributed by atoms with Gasteiger partial charge in [-0.15, -0.1) is 0 Å². The molecule has 0 bridgehead atoms. The molecule has 17 heavy (non-hydrogen) atoms. The van der Waals surface area contributed by atoms with E-state index in [1.54, 1.807) is 0 Å². The van der Waals surface area contributed by atoms with Crippen LogP contribution < -0.4 is 11.5 Å². The Balaban J connectivity index is -0.000000218. The second-order valence-corrected chi connectivity index (χ2v) is 3.85. The Hall–Kier alpha value is 0.640. The molecule has 100 valence electrons. The summed E-state index contributed by atoms with van der Waals surface area (Å²) in [6.45, 7) is 5.49. The molecule has 0 rings (SSSR count). The molecule has 0 aliphatic carbocycles. The number of unbranched alkanes of at least 4 members (excludes halogenated alkanes) is 2. The first kappa shape index (κ1) is 22.8. The molecule has 0 aromatic heterocycles. The third-order valence-electron chi connectivity index (χ3n) is 1.48. The van der Waals surface area contributed by atoms with Crippen molar-refractivity contribution in [3.05, 3.63) is 0 Å². The molecule has 4 nitrogen and oxygen atoms in total. The topological polar surface area (TPSA) is 70.5 Å². The van der Waals surface area contributed by atoms with Crippen LogP contribution in [0.2, 0.25) is 0 Å². The summed E-state index contributed by atoms with van der Waals surface area (Å²) in [6, 6.07) is 0. The first-order valence-corrected chi connectivity index (χ1v) is 6.20. The van der Waals surface area contributed by atoms with E-state index in [1.807, 2.05) is 0 Å². The number of ether oxygens (including phenoxy) is 2. The number of nitrogens with two attached hydrogens (primary N) is 2. The van der Waals surface area contributed by atoms with Crippen LogP contribution in [0.15, 0.2) is 0 Å². The molecule has 7 heteroatoms. The maximum atomic E-state index is 5.04. The molecule has 0 aliphatic rings. The van der Waals surface area contributed by atoms with Crippen molar-refractivity contribution in [3.63, 3.8) is 0 Å². The van der Waals surface area contributed by atoms with Crippen LogP contribution in [0.1, 0.15) is 39.5 Å². The zero-order valence-electron chi connectivity index (χ0n) is 10.0. The Bertz CT molecular complexity index is 175. The second-order valence-electron chi connectivity index (χ2n) is 3.04. The number of thiocarbonyl (C=S) groups is 2. The second kappa shape index (κ2) is 19.0. The molecule has 0 heterocycles. The maximum absolute atomic E-state index is 5.04. The van der Waals surface area contributed by atoms with E-state index in [2.05, 4.69) is 38.3 Å². The van der Waals surface area contributed by atoms with Gasteiger partial charge in [-0.25, -0.2) is 0 Å². The van der Waals surface area contributed by atoms with E-state index >= 15 is 0 Å². The van der Waals surface area contributed by atoms with Gasteiger partial charge < -0.3 is 20.9 Å². The van der Waals surface area contributed by atoms with Gasteiger partial charge in [0.05, 0.1) is 13.2 Å². The summed E-state index contributed by atoms with van der Waals surface area (Å²) in [4.78, 5) is 0. The quantitative estimate of drug-likeness (QED) is 0.436. The first-order valence-electron chi connectivity index (χ1n) is 5.39. The van der Waals surface area contributed by atoms with Crippen LogP contribution in [0.5, 0.6) is 0 Å².